The lowest BCUT2D eigenvalue weighted by molar-refractivity contribution is -0.139. The molecule has 2 N–H and O–H groups in total. The molecule has 1 heterocycles. The largest absolute Gasteiger partial charge is 0.481 e. The third kappa shape index (κ3) is 6.07. The molecular formula is C21H17IN2O6S. The van der Waals surface area contributed by atoms with Gasteiger partial charge in [-0.05, 0) is 77.2 Å². The quantitative estimate of drug-likeness (QED) is 0.398. The van der Waals surface area contributed by atoms with Crippen molar-refractivity contribution in [3.05, 3.63) is 62.1 Å². The summed E-state index contributed by atoms with van der Waals surface area (Å²) in [5.74, 6) is -1.70. The molecule has 2 aromatic carbocycles. The van der Waals surface area contributed by atoms with Crippen LogP contribution in [0.2, 0.25) is 0 Å². The molecule has 0 radical (unpaired) electrons. The van der Waals surface area contributed by atoms with E-state index in [-0.39, 0.29) is 11.4 Å². The Morgan fingerprint density at radius 2 is 1.90 bits per heavy atom. The molecule has 1 fully saturated rings. The number of nitrogens with zero attached hydrogens (tertiary/aromatic N) is 1. The van der Waals surface area contributed by atoms with Gasteiger partial charge in [-0.1, -0.05) is 23.8 Å². The van der Waals surface area contributed by atoms with Gasteiger partial charge in [0, 0.05) is 5.69 Å². The van der Waals surface area contributed by atoms with Gasteiger partial charge < -0.3 is 15.2 Å². The fourth-order valence-electron chi connectivity index (χ4n) is 2.63. The number of thioether (sulfide) groups is 1. The molecule has 0 spiro atoms. The van der Waals surface area contributed by atoms with E-state index < -0.39 is 29.6 Å². The average molecular weight is 552 g/mol. The number of carbonyl (C=O) groups is 4. The lowest BCUT2D eigenvalue weighted by Gasteiger charge is -2.12. The number of benzene rings is 2. The van der Waals surface area contributed by atoms with Crippen LogP contribution in [-0.4, -0.2) is 46.2 Å². The van der Waals surface area contributed by atoms with Crippen molar-refractivity contribution in [1.82, 2.24) is 4.90 Å². The van der Waals surface area contributed by atoms with Crippen molar-refractivity contribution >= 4 is 69.1 Å². The highest BCUT2D eigenvalue weighted by molar-refractivity contribution is 14.1. The van der Waals surface area contributed by atoms with E-state index in [1.54, 1.807) is 36.4 Å². The molecular weight excluding hydrogens is 535 g/mol. The summed E-state index contributed by atoms with van der Waals surface area (Å²) < 4.78 is 5.83. The van der Waals surface area contributed by atoms with Crippen molar-refractivity contribution in [3.8, 4) is 5.75 Å². The molecule has 0 bridgehead atoms. The van der Waals surface area contributed by atoms with Crippen LogP contribution in [0.15, 0.2) is 47.4 Å². The van der Waals surface area contributed by atoms with E-state index in [0.717, 1.165) is 22.2 Å². The Hall–Kier alpha value is -2.86. The smallest absolute Gasteiger partial charge is 0.341 e. The number of amides is 3. The second-order valence-electron chi connectivity index (χ2n) is 6.55. The first-order valence-corrected chi connectivity index (χ1v) is 10.9. The first kappa shape index (κ1) is 22.8. The fourth-order valence-corrected chi connectivity index (χ4v) is 4.17. The molecule has 3 rings (SSSR count). The van der Waals surface area contributed by atoms with Crippen LogP contribution < -0.4 is 10.1 Å². The normalized spacial score (nSPS) is 14.8. The summed E-state index contributed by atoms with van der Waals surface area (Å²) in [4.78, 5) is 48.9. The van der Waals surface area contributed by atoms with E-state index in [2.05, 4.69) is 5.32 Å². The average Bonchev–Trinajstić information content (AvgIpc) is 2.96. The predicted molar refractivity (Wildman–Crippen MR) is 125 cm³/mol. The Kier molecular flexibility index (Phi) is 7.33. The topological polar surface area (TPSA) is 113 Å². The van der Waals surface area contributed by atoms with E-state index >= 15 is 0 Å². The van der Waals surface area contributed by atoms with Gasteiger partial charge in [0.1, 0.15) is 12.3 Å². The number of aryl methyl sites for hydroxylation is 1. The number of anilines is 1. The Bertz CT molecular complexity index is 1080. The van der Waals surface area contributed by atoms with Crippen molar-refractivity contribution in [1.29, 1.82) is 0 Å². The number of carbonyl (C=O) groups excluding carboxylic acids is 3. The molecule has 160 valence electrons. The number of aliphatic carboxylic acids is 1. The maximum absolute atomic E-state index is 12.6. The number of hydrogen-bond donors (Lipinski definition) is 2. The molecule has 10 heteroatoms. The summed E-state index contributed by atoms with van der Waals surface area (Å²) in [5.41, 5.74) is 2.27. The fraction of sp³-hybridized carbons (Fsp3) is 0.143. The van der Waals surface area contributed by atoms with Crippen molar-refractivity contribution in [2.75, 3.05) is 18.5 Å². The molecule has 2 aromatic rings. The maximum Gasteiger partial charge on any atom is 0.341 e. The van der Waals surface area contributed by atoms with Crippen LogP contribution in [0.5, 0.6) is 5.75 Å². The van der Waals surface area contributed by atoms with Crippen LogP contribution in [0.25, 0.3) is 6.08 Å². The molecule has 0 aliphatic carbocycles. The summed E-state index contributed by atoms with van der Waals surface area (Å²) in [6.45, 7) is 1.09. The maximum atomic E-state index is 12.6. The van der Waals surface area contributed by atoms with E-state index in [0.29, 0.717) is 20.6 Å². The zero-order chi connectivity index (χ0) is 22.5. The minimum Gasteiger partial charge on any atom is -0.481 e. The van der Waals surface area contributed by atoms with Gasteiger partial charge in [0.25, 0.3) is 11.1 Å². The molecule has 1 aliphatic heterocycles. The first-order valence-electron chi connectivity index (χ1n) is 8.99. The number of imide groups is 1. The molecule has 0 aromatic heterocycles. The first-order chi connectivity index (χ1) is 14.7. The standard InChI is InChI=1S/C21H17IN2O6S/c1-12-2-5-14(6-3-12)23-18(25)10-24-20(28)17(31-21(24)29)9-13-4-7-16(15(22)8-13)30-11-19(26)27/h2-9H,10-11H2,1H3,(H,23,25)(H,26,27). The summed E-state index contributed by atoms with van der Waals surface area (Å²) in [6.07, 6.45) is 1.55. The minimum atomic E-state index is -1.08. The van der Waals surface area contributed by atoms with Crippen molar-refractivity contribution in [3.63, 3.8) is 0 Å². The van der Waals surface area contributed by atoms with E-state index in [1.807, 2.05) is 41.6 Å². The minimum absolute atomic E-state index is 0.197. The van der Waals surface area contributed by atoms with Gasteiger partial charge in [-0.3, -0.25) is 19.3 Å². The third-order valence-corrected chi connectivity index (χ3v) is 5.87. The zero-order valence-corrected chi connectivity index (χ0v) is 19.2. The molecule has 0 unspecified atom stereocenters. The Morgan fingerprint density at radius 3 is 2.55 bits per heavy atom. The lowest BCUT2D eigenvalue weighted by atomic mass is 10.2. The number of nitrogens with one attached hydrogen (secondary N) is 1. The number of carboxylic acids is 1. The van der Waals surface area contributed by atoms with Crippen LogP contribution >= 0.6 is 34.4 Å². The van der Waals surface area contributed by atoms with Crippen LogP contribution in [0, 0.1) is 10.5 Å². The Balaban J connectivity index is 1.67. The van der Waals surface area contributed by atoms with Crippen LogP contribution in [-0.2, 0) is 14.4 Å². The summed E-state index contributed by atoms with van der Waals surface area (Å²) in [6, 6.07) is 12.1. The zero-order valence-electron chi connectivity index (χ0n) is 16.3. The van der Waals surface area contributed by atoms with E-state index in [9.17, 15) is 19.2 Å². The van der Waals surface area contributed by atoms with Crippen molar-refractivity contribution in [2.24, 2.45) is 0 Å². The van der Waals surface area contributed by atoms with Gasteiger partial charge in [-0.15, -0.1) is 0 Å². The molecule has 1 saturated heterocycles. The molecule has 31 heavy (non-hydrogen) atoms. The number of ether oxygens (including phenoxy) is 1. The van der Waals surface area contributed by atoms with Gasteiger partial charge in [-0.2, -0.15) is 0 Å². The van der Waals surface area contributed by atoms with Gasteiger partial charge in [0.2, 0.25) is 5.91 Å². The third-order valence-electron chi connectivity index (χ3n) is 4.12. The van der Waals surface area contributed by atoms with E-state index in [4.69, 9.17) is 9.84 Å². The second-order valence-corrected chi connectivity index (χ2v) is 8.71. The molecule has 8 nitrogen and oxygen atoms in total. The van der Waals surface area contributed by atoms with Gasteiger partial charge in [-0.25, -0.2) is 4.79 Å². The van der Waals surface area contributed by atoms with Crippen molar-refractivity contribution < 1.29 is 29.0 Å². The SMILES string of the molecule is Cc1ccc(NC(=O)CN2C(=O)SC(=Cc3ccc(OCC(=O)O)c(I)c3)C2=O)cc1. The van der Waals surface area contributed by atoms with Crippen LogP contribution in [0.3, 0.4) is 0 Å². The summed E-state index contributed by atoms with van der Waals surface area (Å²) >= 11 is 2.75. The lowest BCUT2D eigenvalue weighted by Crippen LogP contribution is -2.36. The Morgan fingerprint density at radius 1 is 1.19 bits per heavy atom. The van der Waals surface area contributed by atoms with Gasteiger partial charge in [0.05, 0.1) is 8.48 Å². The monoisotopic (exact) mass is 552 g/mol. The number of hydrogen-bond acceptors (Lipinski definition) is 6. The predicted octanol–water partition coefficient (Wildman–Crippen LogP) is 3.74. The van der Waals surface area contributed by atoms with Crippen molar-refractivity contribution in [2.45, 2.75) is 6.92 Å². The van der Waals surface area contributed by atoms with Crippen LogP contribution in [0.1, 0.15) is 11.1 Å². The summed E-state index contributed by atoms with van der Waals surface area (Å²) in [5, 5.41) is 10.8. The van der Waals surface area contributed by atoms with Crippen LogP contribution in [0.4, 0.5) is 10.5 Å². The highest BCUT2D eigenvalue weighted by Gasteiger charge is 2.36. The van der Waals surface area contributed by atoms with Gasteiger partial charge >= 0.3 is 5.97 Å². The molecule has 0 atom stereocenters. The second kappa shape index (κ2) is 9.96. The van der Waals surface area contributed by atoms with E-state index in [1.165, 1.54) is 0 Å². The molecule has 3 amide bonds. The highest BCUT2D eigenvalue weighted by Crippen LogP contribution is 2.33. The molecule has 0 saturated carbocycles. The van der Waals surface area contributed by atoms with Gasteiger partial charge in [0.15, 0.2) is 6.61 Å². The molecule has 1 aliphatic rings. The number of halogens is 1. The summed E-state index contributed by atoms with van der Waals surface area (Å²) in [7, 11) is 0. The number of rotatable bonds is 7. The Labute approximate surface area is 195 Å². The highest BCUT2D eigenvalue weighted by atomic mass is 127. The number of carboxylic acid groups (broad SMARTS) is 1.